The van der Waals surface area contributed by atoms with E-state index in [1.54, 1.807) is 0 Å². The highest BCUT2D eigenvalue weighted by Crippen LogP contribution is 2.33. The van der Waals surface area contributed by atoms with Gasteiger partial charge in [-0.25, -0.2) is 0 Å². The van der Waals surface area contributed by atoms with Crippen LogP contribution in [0.25, 0.3) is 0 Å². The summed E-state index contributed by atoms with van der Waals surface area (Å²) in [6, 6.07) is 19.5. The molecule has 0 saturated carbocycles. The van der Waals surface area contributed by atoms with Gasteiger partial charge in [0.1, 0.15) is 25.6 Å². The molecule has 144 valence electrons. The Kier molecular flexibility index (Phi) is 5.93. The molecule has 6 heteroatoms. The minimum absolute atomic E-state index is 0.415. The van der Waals surface area contributed by atoms with E-state index in [0.29, 0.717) is 31.4 Å². The highest BCUT2D eigenvalue weighted by Gasteiger charge is 2.12. The van der Waals surface area contributed by atoms with Gasteiger partial charge >= 0.3 is 0 Å². The van der Waals surface area contributed by atoms with E-state index >= 15 is 0 Å². The Labute approximate surface area is 177 Å². The zero-order valence-electron chi connectivity index (χ0n) is 15.1. The molecule has 0 spiro atoms. The lowest BCUT2D eigenvalue weighted by molar-refractivity contribution is 0.171. The van der Waals surface area contributed by atoms with Gasteiger partial charge in [-0.1, -0.05) is 45.7 Å². The molecule has 4 nitrogen and oxygen atoms in total. The Morgan fingerprint density at radius 3 is 2.61 bits per heavy atom. The van der Waals surface area contributed by atoms with Crippen molar-refractivity contribution >= 4 is 33.2 Å². The van der Waals surface area contributed by atoms with Crippen LogP contribution < -0.4 is 19.5 Å². The van der Waals surface area contributed by atoms with Gasteiger partial charge in [0.15, 0.2) is 11.5 Å². The number of benzene rings is 3. The van der Waals surface area contributed by atoms with E-state index in [4.69, 9.17) is 25.8 Å². The lowest BCUT2D eigenvalue weighted by atomic mass is 10.2. The zero-order valence-corrected chi connectivity index (χ0v) is 17.4. The number of halogens is 2. The molecule has 0 bridgehead atoms. The second-order valence-corrected chi connectivity index (χ2v) is 7.67. The molecule has 0 aliphatic carbocycles. The molecule has 4 rings (SSSR count). The summed E-state index contributed by atoms with van der Waals surface area (Å²) in [4.78, 5) is 0. The first kappa shape index (κ1) is 19.0. The van der Waals surface area contributed by atoms with Gasteiger partial charge < -0.3 is 19.5 Å². The molecular weight excluding hydrogens is 442 g/mol. The predicted molar refractivity (Wildman–Crippen MR) is 115 cm³/mol. The fraction of sp³-hybridized carbons (Fsp3) is 0.182. The summed E-state index contributed by atoms with van der Waals surface area (Å²) in [5, 5.41) is 4.13. The van der Waals surface area contributed by atoms with Crippen molar-refractivity contribution in [1.29, 1.82) is 0 Å². The molecular formula is C22H19BrClNO3. The first-order valence-electron chi connectivity index (χ1n) is 8.97. The monoisotopic (exact) mass is 459 g/mol. The van der Waals surface area contributed by atoms with Gasteiger partial charge in [-0.2, -0.15) is 0 Å². The summed E-state index contributed by atoms with van der Waals surface area (Å²) in [5.41, 5.74) is 2.95. The van der Waals surface area contributed by atoms with Crippen molar-refractivity contribution in [2.75, 3.05) is 18.5 Å². The summed E-state index contributed by atoms with van der Waals surface area (Å²) in [5.74, 6) is 2.36. The average Bonchev–Trinajstić information content (AvgIpc) is 2.72. The highest BCUT2D eigenvalue weighted by atomic mass is 79.9. The maximum Gasteiger partial charge on any atom is 0.163 e. The fourth-order valence-electron chi connectivity index (χ4n) is 2.95. The van der Waals surface area contributed by atoms with Gasteiger partial charge in [-0.05, 0) is 36.4 Å². The summed E-state index contributed by atoms with van der Waals surface area (Å²) < 4.78 is 18.3. The number of nitrogens with one attached hydrogen (secondary N) is 1. The van der Waals surface area contributed by atoms with Crippen molar-refractivity contribution in [2.24, 2.45) is 0 Å². The van der Waals surface area contributed by atoms with Crippen LogP contribution in [0.3, 0.4) is 0 Å². The number of anilines is 1. The fourth-order valence-corrected chi connectivity index (χ4v) is 3.55. The SMILES string of the molecule is Clc1ccccc1COc1ccc(Br)cc1CNc1ccc2c(c1)OCCO2. The highest BCUT2D eigenvalue weighted by molar-refractivity contribution is 9.10. The van der Waals surface area contributed by atoms with E-state index < -0.39 is 0 Å². The van der Waals surface area contributed by atoms with Crippen molar-refractivity contribution < 1.29 is 14.2 Å². The number of ether oxygens (including phenoxy) is 3. The molecule has 3 aromatic rings. The Bertz CT molecular complexity index is 980. The van der Waals surface area contributed by atoms with E-state index in [2.05, 4.69) is 21.2 Å². The maximum absolute atomic E-state index is 6.23. The molecule has 28 heavy (non-hydrogen) atoms. The quantitative estimate of drug-likeness (QED) is 0.485. The minimum atomic E-state index is 0.415. The van der Waals surface area contributed by atoms with Crippen LogP contribution in [0.2, 0.25) is 5.02 Å². The van der Waals surface area contributed by atoms with Gasteiger partial charge in [0.25, 0.3) is 0 Å². The number of hydrogen-bond donors (Lipinski definition) is 1. The molecule has 1 heterocycles. The average molecular weight is 461 g/mol. The van der Waals surface area contributed by atoms with Crippen LogP contribution in [0, 0.1) is 0 Å². The molecule has 1 aliphatic heterocycles. The molecule has 0 radical (unpaired) electrons. The predicted octanol–water partition coefficient (Wildman–Crippen LogP) is 6.06. The normalized spacial score (nSPS) is 12.5. The molecule has 1 N–H and O–H groups in total. The molecule has 0 amide bonds. The van der Waals surface area contributed by atoms with Crippen LogP contribution in [-0.2, 0) is 13.2 Å². The van der Waals surface area contributed by atoms with Crippen LogP contribution in [0.1, 0.15) is 11.1 Å². The molecule has 0 saturated heterocycles. The van der Waals surface area contributed by atoms with Crippen LogP contribution in [-0.4, -0.2) is 13.2 Å². The van der Waals surface area contributed by atoms with Gasteiger partial charge in [-0.15, -0.1) is 0 Å². The molecule has 0 fully saturated rings. The summed E-state index contributed by atoms with van der Waals surface area (Å²) in [6.07, 6.45) is 0. The summed E-state index contributed by atoms with van der Waals surface area (Å²) in [7, 11) is 0. The standard InChI is InChI=1S/C22H19BrClNO3/c23-17-5-7-20(28-14-15-3-1-2-4-19(15)24)16(11-17)13-25-18-6-8-21-22(12-18)27-10-9-26-21/h1-8,11-12,25H,9-10,13-14H2. The largest absolute Gasteiger partial charge is 0.488 e. The van der Waals surface area contributed by atoms with Crippen molar-refractivity contribution in [3.05, 3.63) is 81.3 Å². The van der Waals surface area contributed by atoms with Crippen molar-refractivity contribution in [3.63, 3.8) is 0 Å². The molecule has 0 aromatic heterocycles. The second kappa shape index (κ2) is 8.76. The van der Waals surface area contributed by atoms with E-state index in [-0.39, 0.29) is 0 Å². The number of fused-ring (bicyclic) bond motifs is 1. The third kappa shape index (κ3) is 4.54. The van der Waals surface area contributed by atoms with E-state index in [1.165, 1.54) is 0 Å². The zero-order chi connectivity index (χ0) is 19.3. The lowest BCUT2D eigenvalue weighted by Gasteiger charge is -2.19. The lowest BCUT2D eigenvalue weighted by Crippen LogP contribution is -2.15. The summed E-state index contributed by atoms with van der Waals surface area (Å²) in [6.45, 7) is 2.18. The van der Waals surface area contributed by atoms with Crippen LogP contribution >= 0.6 is 27.5 Å². The van der Waals surface area contributed by atoms with Crippen molar-refractivity contribution in [1.82, 2.24) is 0 Å². The Morgan fingerprint density at radius 1 is 0.929 bits per heavy atom. The third-order valence-corrected chi connectivity index (χ3v) is 5.25. The van der Waals surface area contributed by atoms with Gasteiger partial charge in [0, 0.05) is 38.9 Å². The van der Waals surface area contributed by atoms with E-state index in [9.17, 15) is 0 Å². The summed E-state index contributed by atoms with van der Waals surface area (Å²) >= 11 is 9.77. The van der Waals surface area contributed by atoms with Gasteiger partial charge in [0.05, 0.1) is 0 Å². The van der Waals surface area contributed by atoms with E-state index in [0.717, 1.165) is 38.5 Å². The topological polar surface area (TPSA) is 39.7 Å². The van der Waals surface area contributed by atoms with Gasteiger partial charge in [0.2, 0.25) is 0 Å². The molecule has 0 atom stereocenters. The number of rotatable bonds is 6. The first-order valence-corrected chi connectivity index (χ1v) is 10.1. The Hall–Kier alpha value is -2.37. The molecule has 0 unspecified atom stereocenters. The Morgan fingerprint density at radius 2 is 1.75 bits per heavy atom. The second-order valence-electron chi connectivity index (χ2n) is 6.34. The van der Waals surface area contributed by atoms with Crippen LogP contribution in [0.5, 0.6) is 17.2 Å². The van der Waals surface area contributed by atoms with Crippen LogP contribution in [0.15, 0.2) is 65.1 Å². The number of hydrogen-bond acceptors (Lipinski definition) is 4. The van der Waals surface area contributed by atoms with Gasteiger partial charge in [-0.3, -0.25) is 0 Å². The third-order valence-electron chi connectivity index (χ3n) is 4.39. The minimum Gasteiger partial charge on any atom is -0.488 e. The Balaban J connectivity index is 1.47. The maximum atomic E-state index is 6.23. The van der Waals surface area contributed by atoms with Crippen molar-refractivity contribution in [3.8, 4) is 17.2 Å². The smallest absolute Gasteiger partial charge is 0.163 e. The van der Waals surface area contributed by atoms with Crippen LogP contribution in [0.4, 0.5) is 5.69 Å². The first-order chi connectivity index (χ1) is 13.7. The molecule has 3 aromatic carbocycles. The molecule has 1 aliphatic rings. The van der Waals surface area contributed by atoms with E-state index in [1.807, 2.05) is 60.7 Å². The van der Waals surface area contributed by atoms with Crippen molar-refractivity contribution in [2.45, 2.75) is 13.2 Å².